The lowest BCUT2D eigenvalue weighted by atomic mass is 10.1. The van der Waals surface area contributed by atoms with E-state index in [9.17, 15) is 18.0 Å². The van der Waals surface area contributed by atoms with Crippen molar-refractivity contribution in [3.8, 4) is 5.75 Å². The molecule has 0 saturated carbocycles. The van der Waals surface area contributed by atoms with Crippen molar-refractivity contribution in [2.75, 3.05) is 31.6 Å². The molecule has 0 fully saturated rings. The van der Waals surface area contributed by atoms with Crippen LogP contribution >= 0.6 is 0 Å². The van der Waals surface area contributed by atoms with Crippen molar-refractivity contribution in [3.05, 3.63) is 53.6 Å². The molecule has 0 saturated heterocycles. The predicted molar refractivity (Wildman–Crippen MR) is 118 cm³/mol. The number of aryl methyl sites for hydroxylation is 2. The summed E-state index contributed by atoms with van der Waals surface area (Å²) in [7, 11) is -3.65. The molecule has 0 aliphatic heterocycles. The monoisotopic (exact) mass is 448 g/mol. The van der Waals surface area contributed by atoms with Gasteiger partial charge in [0.1, 0.15) is 5.75 Å². The van der Waals surface area contributed by atoms with E-state index < -0.39 is 28.5 Å². The van der Waals surface area contributed by atoms with E-state index in [1.165, 1.54) is 22.5 Å². The highest BCUT2D eigenvalue weighted by Crippen LogP contribution is 2.19. The Bertz CT molecular complexity index is 1010. The number of ether oxygens (including phenoxy) is 2. The Labute approximate surface area is 183 Å². The molecule has 31 heavy (non-hydrogen) atoms. The Balaban J connectivity index is 1.89. The maximum atomic E-state index is 12.6. The highest BCUT2D eigenvalue weighted by molar-refractivity contribution is 7.89. The minimum atomic E-state index is -3.65. The fourth-order valence-electron chi connectivity index (χ4n) is 2.99. The molecule has 0 aliphatic rings. The summed E-state index contributed by atoms with van der Waals surface area (Å²) in [4.78, 5) is 24.0. The molecule has 0 atom stereocenters. The van der Waals surface area contributed by atoms with Crippen LogP contribution in [0.15, 0.2) is 47.4 Å². The van der Waals surface area contributed by atoms with Crippen LogP contribution in [0.4, 0.5) is 5.69 Å². The van der Waals surface area contributed by atoms with Crippen molar-refractivity contribution in [1.29, 1.82) is 0 Å². The first-order valence-electron chi connectivity index (χ1n) is 9.92. The Morgan fingerprint density at radius 3 is 2.23 bits per heavy atom. The van der Waals surface area contributed by atoms with Crippen LogP contribution in [0.1, 0.15) is 25.0 Å². The second-order valence-electron chi connectivity index (χ2n) is 6.94. The van der Waals surface area contributed by atoms with E-state index in [1.54, 1.807) is 32.0 Å². The van der Waals surface area contributed by atoms with Gasteiger partial charge in [-0.3, -0.25) is 4.79 Å². The molecule has 2 rings (SSSR count). The number of sulfonamides is 1. The summed E-state index contributed by atoms with van der Waals surface area (Å²) in [5.74, 6) is -0.727. The van der Waals surface area contributed by atoms with Gasteiger partial charge in [0.15, 0.2) is 13.2 Å². The molecular weight excluding hydrogens is 420 g/mol. The number of nitrogens with one attached hydrogen (secondary N) is 1. The molecule has 0 heterocycles. The summed E-state index contributed by atoms with van der Waals surface area (Å²) < 4.78 is 36.9. The summed E-state index contributed by atoms with van der Waals surface area (Å²) in [5.41, 5.74) is 2.31. The molecule has 0 radical (unpaired) electrons. The number of esters is 1. The number of carbonyl (C=O) groups excluding carboxylic acids is 2. The van der Waals surface area contributed by atoms with E-state index in [4.69, 9.17) is 9.47 Å². The van der Waals surface area contributed by atoms with Gasteiger partial charge < -0.3 is 14.8 Å². The van der Waals surface area contributed by atoms with E-state index in [0.29, 0.717) is 24.5 Å². The van der Waals surface area contributed by atoms with Gasteiger partial charge in [-0.05, 0) is 55.3 Å². The number of rotatable bonds is 10. The lowest BCUT2D eigenvalue weighted by Crippen LogP contribution is -2.30. The molecule has 0 spiro atoms. The Morgan fingerprint density at radius 1 is 0.968 bits per heavy atom. The van der Waals surface area contributed by atoms with Crippen molar-refractivity contribution < 1.29 is 27.5 Å². The van der Waals surface area contributed by atoms with Crippen LogP contribution < -0.4 is 10.1 Å². The Morgan fingerprint density at radius 2 is 1.61 bits per heavy atom. The van der Waals surface area contributed by atoms with Crippen LogP contribution in [0, 0.1) is 13.8 Å². The largest absolute Gasteiger partial charge is 0.482 e. The Kier molecular flexibility index (Phi) is 8.58. The van der Waals surface area contributed by atoms with Gasteiger partial charge >= 0.3 is 5.97 Å². The maximum absolute atomic E-state index is 12.6. The van der Waals surface area contributed by atoms with Crippen molar-refractivity contribution in [3.63, 3.8) is 0 Å². The van der Waals surface area contributed by atoms with Gasteiger partial charge in [0, 0.05) is 18.8 Å². The van der Waals surface area contributed by atoms with Crippen LogP contribution in [0.3, 0.4) is 0 Å². The molecule has 1 amide bonds. The molecule has 8 nitrogen and oxygen atoms in total. The summed E-state index contributed by atoms with van der Waals surface area (Å²) in [6, 6.07) is 11.5. The Hall–Kier alpha value is -2.91. The third-order valence-electron chi connectivity index (χ3n) is 4.38. The highest BCUT2D eigenvalue weighted by Gasteiger charge is 2.22. The average Bonchev–Trinajstić information content (AvgIpc) is 2.71. The second-order valence-corrected chi connectivity index (χ2v) is 8.88. The standard InChI is InChI=1S/C22H28N2O6S/c1-5-24(6-2)31(27,28)20-9-7-8-18(13-20)23-21(25)14-30-22(26)15-29-19-11-16(3)10-17(4)12-19/h7-13H,5-6,14-15H2,1-4H3,(H,23,25). The zero-order chi connectivity index (χ0) is 23.0. The van der Waals surface area contributed by atoms with Crippen molar-refractivity contribution in [1.82, 2.24) is 4.31 Å². The number of benzene rings is 2. The van der Waals surface area contributed by atoms with Gasteiger partial charge in [0.25, 0.3) is 5.91 Å². The van der Waals surface area contributed by atoms with Gasteiger partial charge in [-0.2, -0.15) is 4.31 Å². The SMILES string of the molecule is CCN(CC)S(=O)(=O)c1cccc(NC(=O)COC(=O)COc2cc(C)cc(C)c2)c1. The van der Waals surface area contributed by atoms with Crippen molar-refractivity contribution in [2.45, 2.75) is 32.6 Å². The summed E-state index contributed by atoms with van der Waals surface area (Å²) >= 11 is 0. The van der Waals surface area contributed by atoms with E-state index in [-0.39, 0.29) is 11.5 Å². The molecule has 168 valence electrons. The van der Waals surface area contributed by atoms with E-state index in [0.717, 1.165) is 11.1 Å². The van der Waals surface area contributed by atoms with Crippen molar-refractivity contribution >= 4 is 27.6 Å². The van der Waals surface area contributed by atoms with Gasteiger partial charge in [0.2, 0.25) is 10.0 Å². The second kappa shape index (κ2) is 10.9. The first-order valence-corrected chi connectivity index (χ1v) is 11.4. The minimum Gasteiger partial charge on any atom is -0.482 e. The molecular formula is C22H28N2O6S. The highest BCUT2D eigenvalue weighted by atomic mass is 32.2. The zero-order valence-electron chi connectivity index (χ0n) is 18.2. The molecule has 1 N–H and O–H groups in total. The topological polar surface area (TPSA) is 102 Å². The van der Waals surface area contributed by atoms with Crippen LogP contribution in [0.2, 0.25) is 0 Å². The molecule has 2 aromatic carbocycles. The van der Waals surface area contributed by atoms with E-state index >= 15 is 0 Å². The summed E-state index contributed by atoms with van der Waals surface area (Å²) in [6.45, 7) is 7.20. The zero-order valence-corrected chi connectivity index (χ0v) is 19.0. The molecule has 2 aromatic rings. The average molecular weight is 449 g/mol. The third kappa shape index (κ3) is 7.08. The van der Waals surface area contributed by atoms with Crippen LogP contribution in [-0.2, 0) is 24.3 Å². The fraction of sp³-hybridized carbons (Fsp3) is 0.364. The number of hydrogen-bond donors (Lipinski definition) is 1. The predicted octanol–water partition coefficient (Wildman–Crippen LogP) is 2.89. The normalized spacial score (nSPS) is 11.3. The number of amides is 1. The first kappa shape index (κ1) is 24.4. The number of hydrogen-bond acceptors (Lipinski definition) is 6. The van der Waals surface area contributed by atoms with Gasteiger partial charge in [-0.15, -0.1) is 0 Å². The number of nitrogens with zero attached hydrogens (tertiary/aromatic N) is 1. The molecule has 0 unspecified atom stereocenters. The maximum Gasteiger partial charge on any atom is 0.344 e. The van der Waals surface area contributed by atoms with Gasteiger partial charge in [0.05, 0.1) is 4.90 Å². The number of anilines is 1. The lowest BCUT2D eigenvalue weighted by molar-refractivity contribution is -0.149. The smallest absolute Gasteiger partial charge is 0.344 e. The third-order valence-corrected chi connectivity index (χ3v) is 6.42. The van der Waals surface area contributed by atoms with Gasteiger partial charge in [-0.1, -0.05) is 26.0 Å². The lowest BCUT2D eigenvalue weighted by Gasteiger charge is -2.18. The number of carbonyl (C=O) groups is 2. The van der Waals surface area contributed by atoms with Crippen LogP contribution in [0.25, 0.3) is 0 Å². The van der Waals surface area contributed by atoms with Gasteiger partial charge in [-0.25, -0.2) is 13.2 Å². The molecule has 0 aliphatic carbocycles. The molecule has 0 bridgehead atoms. The van der Waals surface area contributed by atoms with Crippen LogP contribution in [-0.4, -0.2) is 50.9 Å². The van der Waals surface area contributed by atoms with E-state index in [1.807, 2.05) is 19.9 Å². The summed E-state index contributed by atoms with van der Waals surface area (Å²) in [5, 5.41) is 2.53. The summed E-state index contributed by atoms with van der Waals surface area (Å²) in [6.07, 6.45) is 0. The van der Waals surface area contributed by atoms with Crippen molar-refractivity contribution in [2.24, 2.45) is 0 Å². The first-order chi connectivity index (χ1) is 14.6. The molecule has 0 aromatic heterocycles. The van der Waals surface area contributed by atoms with Crippen LogP contribution in [0.5, 0.6) is 5.75 Å². The fourth-order valence-corrected chi connectivity index (χ4v) is 4.49. The van der Waals surface area contributed by atoms with E-state index in [2.05, 4.69) is 5.32 Å². The molecule has 9 heteroatoms. The minimum absolute atomic E-state index is 0.0767. The quantitative estimate of drug-likeness (QED) is 0.561.